The number of carbonyl (C=O) groups excluding carboxylic acids is 2. The molecule has 0 heterocycles. The van der Waals surface area contributed by atoms with Gasteiger partial charge in [-0.05, 0) is 38.1 Å². The van der Waals surface area contributed by atoms with Crippen molar-refractivity contribution in [1.29, 1.82) is 0 Å². The molecule has 3 N–H and O–H groups in total. The number of nitrogens with two attached hydrogens (primary N) is 1. The lowest BCUT2D eigenvalue weighted by molar-refractivity contribution is -0.122. The van der Waals surface area contributed by atoms with Gasteiger partial charge in [0, 0.05) is 18.2 Å². The molecular formula is C15H23N3O2. The molecule has 20 heavy (non-hydrogen) atoms. The Labute approximate surface area is 120 Å². The first-order valence-electron chi connectivity index (χ1n) is 6.82. The maximum Gasteiger partial charge on any atom is 0.248 e. The van der Waals surface area contributed by atoms with E-state index >= 15 is 0 Å². The number of benzene rings is 1. The predicted octanol–water partition coefficient (Wildman–Crippen LogP) is 1.13. The van der Waals surface area contributed by atoms with Gasteiger partial charge in [0.15, 0.2) is 0 Å². The number of hydrogen-bond acceptors (Lipinski definition) is 3. The Hall–Kier alpha value is -1.88. The summed E-state index contributed by atoms with van der Waals surface area (Å²) in [5.41, 5.74) is 6.75. The van der Waals surface area contributed by atoms with Gasteiger partial charge in [-0.25, -0.2) is 0 Å². The Morgan fingerprint density at radius 2 is 1.85 bits per heavy atom. The molecule has 0 radical (unpaired) electrons. The maximum absolute atomic E-state index is 11.7. The third kappa shape index (κ3) is 5.40. The van der Waals surface area contributed by atoms with E-state index < -0.39 is 5.91 Å². The molecule has 1 rings (SSSR count). The van der Waals surface area contributed by atoms with Gasteiger partial charge < -0.3 is 11.1 Å². The smallest absolute Gasteiger partial charge is 0.248 e. The summed E-state index contributed by atoms with van der Waals surface area (Å²) >= 11 is 0. The van der Waals surface area contributed by atoms with E-state index in [9.17, 15) is 9.59 Å². The quantitative estimate of drug-likeness (QED) is 0.784. The molecule has 5 nitrogen and oxygen atoms in total. The number of rotatable bonds is 7. The molecule has 1 aromatic carbocycles. The highest BCUT2D eigenvalue weighted by atomic mass is 16.2. The van der Waals surface area contributed by atoms with Crippen LogP contribution in [0.3, 0.4) is 0 Å². The number of nitrogens with one attached hydrogen (secondary N) is 1. The van der Waals surface area contributed by atoms with Gasteiger partial charge in [0.1, 0.15) is 0 Å². The highest BCUT2D eigenvalue weighted by molar-refractivity contribution is 5.92. The van der Waals surface area contributed by atoms with Crippen molar-refractivity contribution in [3.05, 3.63) is 35.4 Å². The molecule has 0 bridgehead atoms. The number of nitrogens with zero attached hydrogens (tertiary/aromatic N) is 1. The summed E-state index contributed by atoms with van der Waals surface area (Å²) < 4.78 is 0. The number of amides is 2. The zero-order valence-electron chi connectivity index (χ0n) is 12.3. The van der Waals surface area contributed by atoms with Crippen LogP contribution in [0, 0.1) is 0 Å². The van der Waals surface area contributed by atoms with Gasteiger partial charge in [-0.3, -0.25) is 14.5 Å². The molecule has 0 aromatic heterocycles. The Morgan fingerprint density at radius 1 is 1.25 bits per heavy atom. The highest BCUT2D eigenvalue weighted by Crippen LogP contribution is 2.07. The van der Waals surface area contributed by atoms with E-state index in [-0.39, 0.29) is 11.9 Å². The minimum atomic E-state index is -0.430. The summed E-state index contributed by atoms with van der Waals surface area (Å²) in [6.07, 6.45) is 0. The summed E-state index contributed by atoms with van der Waals surface area (Å²) in [6.45, 7) is 7.71. The number of likely N-dealkylation sites (N-methyl/N-ethyl adjacent to an activating group) is 1. The lowest BCUT2D eigenvalue weighted by Gasteiger charge is -2.20. The lowest BCUT2D eigenvalue weighted by atomic mass is 10.1. The summed E-state index contributed by atoms with van der Waals surface area (Å²) in [5, 5.41) is 2.88. The third-order valence-electron chi connectivity index (χ3n) is 2.91. The molecule has 0 saturated carbocycles. The van der Waals surface area contributed by atoms with Crippen LogP contribution in [0.15, 0.2) is 24.3 Å². The molecule has 0 aliphatic carbocycles. The minimum absolute atomic E-state index is 0.0237. The van der Waals surface area contributed by atoms with Crippen molar-refractivity contribution in [2.45, 2.75) is 33.4 Å². The maximum atomic E-state index is 11.7. The molecule has 0 fully saturated rings. The van der Waals surface area contributed by atoms with Crippen molar-refractivity contribution >= 4 is 11.8 Å². The van der Waals surface area contributed by atoms with Gasteiger partial charge >= 0.3 is 0 Å². The van der Waals surface area contributed by atoms with Gasteiger partial charge in [0.2, 0.25) is 11.8 Å². The molecule has 0 spiro atoms. The van der Waals surface area contributed by atoms with Gasteiger partial charge in [-0.1, -0.05) is 19.1 Å². The van der Waals surface area contributed by atoms with Crippen molar-refractivity contribution in [3.8, 4) is 0 Å². The van der Waals surface area contributed by atoms with Crippen LogP contribution in [-0.2, 0) is 11.3 Å². The van der Waals surface area contributed by atoms with E-state index in [0.29, 0.717) is 18.7 Å². The Kier molecular flexibility index (Phi) is 6.18. The van der Waals surface area contributed by atoms with Gasteiger partial charge in [-0.15, -0.1) is 0 Å². The second kappa shape index (κ2) is 7.65. The van der Waals surface area contributed by atoms with Crippen molar-refractivity contribution < 1.29 is 9.59 Å². The number of carbonyl (C=O) groups is 2. The topological polar surface area (TPSA) is 75.4 Å². The normalized spacial score (nSPS) is 10.8. The molecule has 110 valence electrons. The first-order chi connectivity index (χ1) is 9.42. The standard InChI is InChI=1S/C15H23N3O2/c1-4-18(10-14(19)17-11(2)3)9-12-5-7-13(8-6-12)15(16)20/h5-8,11H,4,9-10H2,1-3H3,(H2,16,20)(H,17,19). The first kappa shape index (κ1) is 16.2. The molecule has 1 aromatic rings. The second-order valence-electron chi connectivity index (χ2n) is 5.09. The molecule has 0 aliphatic rings. The van der Waals surface area contributed by atoms with Crippen molar-refractivity contribution in [1.82, 2.24) is 10.2 Å². The average Bonchev–Trinajstić information content (AvgIpc) is 2.37. The highest BCUT2D eigenvalue weighted by Gasteiger charge is 2.10. The SMILES string of the molecule is CCN(CC(=O)NC(C)C)Cc1ccc(C(N)=O)cc1. The number of primary amides is 1. The second-order valence-corrected chi connectivity index (χ2v) is 5.09. The largest absolute Gasteiger partial charge is 0.366 e. The van der Waals surface area contributed by atoms with Crippen molar-refractivity contribution in [2.24, 2.45) is 5.73 Å². The third-order valence-corrected chi connectivity index (χ3v) is 2.91. The van der Waals surface area contributed by atoms with Crippen LogP contribution in [0.1, 0.15) is 36.7 Å². The fourth-order valence-corrected chi connectivity index (χ4v) is 1.88. The molecule has 0 unspecified atom stereocenters. The molecule has 5 heteroatoms. The fourth-order valence-electron chi connectivity index (χ4n) is 1.88. The Bertz CT molecular complexity index is 455. The van der Waals surface area contributed by atoms with E-state index in [1.807, 2.05) is 37.8 Å². The molecule has 0 atom stereocenters. The first-order valence-corrected chi connectivity index (χ1v) is 6.82. The zero-order valence-corrected chi connectivity index (χ0v) is 12.3. The molecule has 0 saturated heterocycles. The summed E-state index contributed by atoms with van der Waals surface area (Å²) in [7, 11) is 0. The zero-order chi connectivity index (χ0) is 15.1. The predicted molar refractivity (Wildman–Crippen MR) is 79.2 cm³/mol. The van der Waals surface area contributed by atoms with E-state index in [2.05, 4.69) is 5.32 Å². The van der Waals surface area contributed by atoms with Gasteiger partial charge in [0.25, 0.3) is 0 Å². The van der Waals surface area contributed by atoms with Crippen LogP contribution in [0.25, 0.3) is 0 Å². The fraction of sp³-hybridized carbons (Fsp3) is 0.467. The number of hydrogen-bond donors (Lipinski definition) is 2. The van der Waals surface area contributed by atoms with Crippen LogP contribution < -0.4 is 11.1 Å². The summed E-state index contributed by atoms with van der Waals surface area (Å²) in [6, 6.07) is 7.29. The van der Waals surface area contributed by atoms with Crippen LogP contribution in [0.2, 0.25) is 0 Å². The van der Waals surface area contributed by atoms with Crippen LogP contribution in [0.5, 0.6) is 0 Å². The van der Waals surface area contributed by atoms with Gasteiger partial charge in [-0.2, -0.15) is 0 Å². The van der Waals surface area contributed by atoms with E-state index in [1.165, 1.54) is 0 Å². The lowest BCUT2D eigenvalue weighted by Crippen LogP contribution is -2.39. The Morgan fingerprint density at radius 3 is 2.30 bits per heavy atom. The van der Waals surface area contributed by atoms with E-state index in [0.717, 1.165) is 12.1 Å². The van der Waals surface area contributed by atoms with Gasteiger partial charge in [0.05, 0.1) is 6.54 Å². The van der Waals surface area contributed by atoms with E-state index in [1.54, 1.807) is 12.1 Å². The van der Waals surface area contributed by atoms with Crippen molar-refractivity contribution in [2.75, 3.05) is 13.1 Å². The minimum Gasteiger partial charge on any atom is -0.366 e. The van der Waals surface area contributed by atoms with Crippen LogP contribution in [0.4, 0.5) is 0 Å². The van der Waals surface area contributed by atoms with Crippen molar-refractivity contribution in [3.63, 3.8) is 0 Å². The summed E-state index contributed by atoms with van der Waals surface area (Å²) in [5.74, 6) is -0.407. The van der Waals surface area contributed by atoms with Crippen LogP contribution in [-0.4, -0.2) is 35.8 Å². The molecule has 2 amide bonds. The van der Waals surface area contributed by atoms with Crippen LogP contribution >= 0.6 is 0 Å². The molecular weight excluding hydrogens is 254 g/mol. The Balaban J connectivity index is 2.59. The monoisotopic (exact) mass is 277 g/mol. The molecule has 0 aliphatic heterocycles. The average molecular weight is 277 g/mol. The van der Waals surface area contributed by atoms with E-state index in [4.69, 9.17) is 5.73 Å². The summed E-state index contributed by atoms with van der Waals surface area (Å²) in [4.78, 5) is 24.8.